The molecule has 1 aromatic heterocycles. The summed E-state index contributed by atoms with van der Waals surface area (Å²) in [5.74, 6) is 0.252. The van der Waals surface area contributed by atoms with E-state index in [1.54, 1.807) is 11.3 Å². The van der Waals surface area contributed by atoms with Gasteiger partial charge in [-0.15, -0.1) is 11.3 Å². The Balaban J connectivity index is 1.55. The van der Waals surface area contributed by atoms with Crippen LogP contribution in [0.5, 0.6) is 0 Å². The second-order valence-electron chi connectivity index (χ2n) is 4.82. The van der Waals surface area contributed by atoms with Crippen LogP contribution < -0.4 is 5.32 Å². The van der Waals surface area contributed by atoms with Gasteiger partial charge < -0.3 is 5.32 Å². The highest BCUT2D eigenvalue weighted by molar-refractivity contribution is 8.01. The largest absolute Gasteiger partial charge is 0.325 e. The molecule has 0 saturated heterocycles. The van der Waals surface area contributed by atoms with Crippen molar-refractivity contribution in [2.75, 3.05) is 11.1 Å². The number of nitriles is 1. The van der Waals surface area contributed by atoms with Gasteiger partial charge >= 0.3 is 0 Å². The molecule has 23 heavy (non-hydrogen) atoms. The Bertz CT molecular complexity index is 832. The van der Waals surface area contributed by atoms with Gasteiger partial charge in [-0.3, -0.25) is 4.79 Å². The Labute approximate surface area is 142 Å². The number of para-hydroxylation sites is 1. The zero-order valence-electron chi connectivity index (χ0n) is 12.2. The molecule has 4 nitrogen and oxygen atoms in total. The van der Waals surface area contributed by atoms with E-state index in [2.05, 4.69) is 16.4 Å². The van der Waals surface area contributed by atoms with Crippen molar-refractivity contribution in [3.8, 4) is 6.07 Å². The Morgan fingerprint density at radius 1 is 1.22 bits per heavy atom. The number of carbonyl (C=O) groups excluding carboxylic acids is 1. The number of nitrogens with zero attached hydrogens (tertiary/aromatic N) is 2. The highest BCUT2D eigenvalue weighted by atomic mass is 32.2. The molecule has 0 bridgehead atoms. The Morgan fingerprint density at radius 3 is 2.74 bits per heavy atom. The fourth-order valence-electron chi connectivity index (χ4n) is 2.03. The quantitative estimate of drug-likeness (QED) is 0.711. The molecule has 0 radical (unpaired) electrons. The van der Waals surface area contributed by atoms with Gasteiger partial charge in [0.1, 0.15) is 0 Å². The maximum Gasteiger partial charge on any atom is 0.234 e. The molecule has 1 amide bonds. The van der Waals surface area contributed by atoms with Crippen LogP contribution in [-0.4, -0.2) is 16.6 Å². The summed E-state index contributed by atoms with van der Waals surface area (Å²) in [7, 11) is 0. The molecule has 2 aromatic carbocycles. The molecule has 0 fully saturated rings. The Kier molecular flexibility index (Phi) is 4.91. The number of hydrogen-bond acceptors (Lipinski definition) is 5. The predicted molar refractivity (Wildman–Crippen MR) is 94.7 cm³/mol. The number of thioether (sulfide) groups is 1. The summed E-state index contributed by atoms with van der Waals surface area (Å²) in [6, 6.07) is 17.4. The molecule has 0 atom stereocenters. The molecule has 0 aliphatic rings. The minimum atomic E-state index is -0.0673. The molecule has 3 rings (SSSR count). The van der Waals surface area contributed by atoms with Crippen LogP contribution in [0, 0.1) is 11.3 Å². The maximum absolute atomic E-state index is 12.0. The zero-order chi connectivity index (χ0) is 16.1. The standard InChI is InChI=1S/C17H13N3OS2/c18-10-9-12-5-7-13(8-6-12)19-16(21)11-22-17-20-14-3-1-2-4-15(14)23-17/h1-8H,9,11H2,(H,19,21). The van der Waals surface area contributed by atoms with Gasteiger partial charge in [-0.1, -0.05) is 36.0 Å². The molecule has 0 unspecified atom stereocenters. The van der Waals surface area contributed by atoms with E-state index < -0.39 is 0 Å². The normalized spacial score (nSPS) is 10.4. The number of carbonyl (C=O) groups is 1. The van der Waals surface area contributed by atoms with Gasteiger partial charge in [-0.2, -0.15) is 5.26 Å². The van der Waals surface area contributed by atoms with Crippen molar-refractivity contribution in [3.05, 3.63) is 54.1 Å². The van der Waals surface area contributed by atoms with Gasteiger partial charge in [-0.05, 0) is 29.8 Å². The number of rotatable bonds is 5. The van der Waals surface area contributed by atoms with Crippen molar-refractivity contribution < 1.29 is 4.79 Å². The first kappa shape index (κ1) is 15.5. The molecular weight excluding hydrogens is 326 g/mol. The van der Waals surface area contributed by atoms with Crippen LogP contribution in [0.25, 0.3) is 10.2 Å². The molecule has 0 spiro atoms. The number of benzene rings is 2. The summed E-state index contributed by atoms with van der Waals surface area (Å²) in [6.07, 6.45) is 0.377. The molecule has 0 aliphatic heterocycles. The van der Waals surface area contributed by atoms with E-state index in [-0.39, 0.29) is 5.91 Å². The number of thiazole rings is 1. The van der Waals surface area contributed by atoms with Crippen molar-refractivity contribution in [1.29, 1.82) is 5.26 Å². The third kappa shape index (κ3) is 4.09. The fourth-order valence-corrected chi connectivity index (χ4v) is 3.90. The first-order valence-corrected chi connectivity index (χ1v) is 8.79. The third-order valence-corrected chi connectivity index (χ3v) is 5.30. The summed E-state index contributed by atoms with van der Waals surface area (Å²) in [6.45, 7) is 0. The average Bonchev–Trinajstić information content (AvgIpc) is 2.98. The van der Waals surface area contributed by atoms with Crippen LogP contribution in [-0.2, 0) is 11.2 Å². The van der Waals surface area contributed by atoms with Crippen molar-refractivity contribution >= 4 is 44.9 Å². The van der Waals surface area contributed by atoms with E-state index in [4.69, 9.17) is 5.26 Å². The minimum absolute atomic E-state index is 0.0673. The first-order chi connectivity index (χ1) is 11.2. The van der Waals surface area contributed by atoms with Gasteiger partial charge in [0.2, 0.25) is 5.91 Å². The lowest BCUT2D eigenvalue weighted by atomic mass is 10.1. The molecule has 1 N–H and O–H groups in total. The lowest BCUT2D eigenvalue weighted by Crippen LogP contribution is -2.13. The minimum Gasteiger partial charge on any atom is -0.325 e. The van der Waals surface area contributed by atoms with Gasteiger partial charge in [0.25, 0.3) is 0 Å². The van der Waals surface area contributed by atoms with Crippen molar-refractivity contribution in [2.45, 2.75) is 10.8 Å². The van der Waals surface area contributed by atoms with Gasteiger partial charge in [0.05, 0.1) is 28.5 Å². The SMILES string of the molecule is N#CCc1ccc(NC(=O)CSc2nc3ccccc3s2)cc1. The molecule has 6 heteroatoms. The number of fused-ring (bicyclic) bond motifs is 1. The number of hydrogen-bond donors (Lipinski definition) is 1. The molecule has 1 heterocycles. The van der Waals surface area contributed by atoms with Gasteiger partial charge in [-0.25, -0.2) is 4.98 Å². The topological polar surface area (TPSA) is 65.8 Å². The smallest absolute Gasteiger partial charge is 0.234 e. The van der Waals surface area contributed by atoms with Crippen LogP contribution in [0.1, 0.15) is 5.56 Å². The predicted octanol–water partition coefficient (Wildman–Crippen LogP) is 4.09. The summed E-state index contributed by atoms with van der Waals surface area (Å²) >= 11 is 3.03. The van der Waals surface area contributed by atoms with Crippen LogP contribution in [0.2, 0.25) is 0 Å². The van der Waals surface area contributed by atoms with E-state index in [1.807, 2.05) is 48.5 Å². The van der Waals surface area contributed by atoms with Crippen molar-refractivity contribution in [2.24, 2.45) is 0 Å². The van der Waals surface area contributed by atoms with Crippen LogP contribution in [0.4, 0.5) is 5.69 Å². The van der Waals surface area contributed by atoms with E-state index in [0.29, 0.717) is 12.2 Å². The van der Waals surface area contributed by atoms with Crippen molar-refractivity contribution in [3.63, 3.8) is 0 Å². The van der Waals surface area contributed by atoms with Crippen LogP contribution in [0.3, 0.4) is 0 Å². The van der Waals surface area contributed by atoms with Crippen LogP contribution >= 0.6 is 23.1 Å². The summed E-state index contributed by atoms with van der Waals surface area (Å²) in [5, 5.41) is 11.5. The number of amides is 1. The summed E-state index contributed by atoms with van der Waals surface area (Å²) < 4.78 is 2.02. The lowest BCUT2D eigenvalue weighted by molar-refractivity contribution is -0.113. The molecular formula is C17H13N3OS2. The third-order valence-electron chi connectivity index (χ3n) is 3.12. The van der Waals surface area contributed by atoms with Crippen LogP contribution in [0.15, 0.2) is 52.9 Å². The van der Waals surface area contributed by atoms with E-state index in [9.17, 15) is 4.79 Å². The fraction of sp³-hybridized carbons (Fsp3) is 0.118. The second kappa shape index (κ2) is 7.27. The van der Waals surface area contributed by atoms with E-state index in [0.717, 1.165) is 25.8 Å². The van der Waals surface area contributed by atoms with E-state index in [1.165, 1.54) is 11.8 Å². The highest BCUT2D eigenvalue weighted by Gasteiger charge is 2.08. The Morgan fingerprint density at radius 2 is 2.00 bits per heavy atom. The van der Waals surface area contributed by atoms with E-state index >= 15 is 0 Å². The average molecular weight is 339 g/mol. The first-order valence-electron chi connectivity index (χ1n) is 6.99. The molecule has 0 saturated carbocycles. The Hall–Kier alpha value is -2.36. The van der Waals surface area contributed by atoms with Crippen molar-refractivity contribution in [1.82, 2.24) is 4.98 Å². The second-order valence-corrected chi connectivity index (χ2v) is 7.07. The van der Waals surface area contributed by atoms with Gasteiger partial charge in [0, 0.05) is 5.69 Å². The number of anilines is 1. The molecule has 0 aliphatic carbocycles. The maximum atomic E-state index is 12.0. The molecule has 114 valence electrons. The summed E-state index contributed by atoms with van der Waals surface area (Å²) in [5.41, 5.74) is 2.64. The highest BCUT2D eigenvalue weighted by Crippen LogP contribution is 2.29. The molecule has 3 aromatic rings. The lowest BCUT2D eigenvalue weighted by Gasteiger charge is -2.04. The number of aromatic nitrogens is 1. The number of nitrogens with one attached hydrogen (secondary N) is 1. The monoisotopic (exact) mass is 339 g/mol. The van der Waals surface area contributed by atoms with Gasteiger partial charge in [0.15, 0.2) is 4.34 Å². The summed E-state index contributed by atoms with van der Waals surface area (Å²) in [4.78, 5) is 16.5. The zero-order valence-corrected chi connectivity index (χ0v) is 13.8.